The van der Waals surface area contributed by atoms with E-state index in [-0.39, 0.29) is 97.2 Å². The Labute approximate surface area is 854 Å². The van der Waals surface area contributed by atoms with E-state index in [2.05, 4.69) is 163 Å². The molecule has 8 heterocycles. The van der Waals surface area contributed by atoms with Gasteiger partial charge >= 0.3 is 69.3 Å². The van der Waals surface area contributed by atoms with Crippen molar-refractivity contribution in [3.05, 3.63) is 400 Å². The predicted octanol–water partition coefficient (Wildman–Crippen LogP) is 28.2. The molecule has 0 saturated carbocycles. The van der Waals surface area contributed by atoms with Crippen LogP contribution in [0.25, 0.3) is 196 Å². The molecule has 0 saturated heterocycles. The van der Waals surface area contributed by atoms with E-state index < -0.39 is 11.9 Å². The Morgan fingerprint density at radius 3 is 0.926 bits per heavy atom. The summed E-state index contributed by atoms with van der Waals surface area (Å²) in [6.07, 6.45) is 0. The Hall–Kier alpha value is -12.5. The first kappa shape index (κ1) is 90.0. The molecule has 10 nitrogen and oxygen atoms in total. The number of benzene rings is 14. The number of thiophene rings is 8. The molecular formula is C117H77KO10S8. The van der Waals surface area contributed by atoms with Gasteiger partial charge in [0, 0.05) is 180 Å². The molecule has 16 aromatic carbocycles. The van der Waals surface area contributed by atoms with Crippen LogP contribution in [-0.4, -0.2) is 46.0 Å². The van der Waals surface area contributed by atoms with Gasteiger partial charge in [0.15, 0.2) is 16.6 Å². The summed E-state index contributed by atoms with van der Waals surface area (Å²) in [7, 11) is 0. The van der Waals surface area contributed by atoms with Crippen LogP contribution in [0.4, 0.5) is 0 Å². The molecule has 3 N–H and O–H groups in total. The fraction of sp³-hybridized carbons (Fsp3) is 0.0769. The number of carboxylic acids is 2. The van der Waals surface area contributed by atoms with Crippen molar-refractivity contribution in [3.63, 3.8) is 0 Å². The van der Waals surface area contributed by atoms with Gasteiger partial charge in [0.2, 0.25) is 0 Å². The van der Waals surface area contributed by atoms with Crippen LogP contribution in [0.2, 0.25) is 0 Å². The molecule has 0 unspecified atom stereocenters. The third-order valence-electron chi connectivity index (χ3n) is 25.9. The Bertz CT molecular complexity index is 8910. The first-order chi connectivity index (χ1) is 65.1. The van der Waals surface area contributed by atoms with E-state index in [0.717, 1.165) is 133 Å². The van der Waals surface area contributed by atoms with E-state index in [0.29, 0.717) is 22.3 Å². The molecule has 0 atom stereocenters. The first-order valence-corrected chi connectivity index (χ1v) is 50.5. The standard InChI is InChI=1S/C42H32S2.C27H20O3S2.C24H14O4S2.C24H10O2S2.K.H2O/c1-21-15-23(3)35(24(4)16-21)37-29-19-32-30(20-31(29)41-39(37)27-11-7-9-13-33(27)43-41)38(36-25(5)17-22(2)18-26(36)6)40-28-12-8-10-14-34(28)44-42(32)40;1-3-30-27(29)22-15-20(25-12-17-8-4-6-10-23(17)31-25)19(16(2)28)14-21(22)26-13-18-9-5-7-11-24(18)32-26;25-23(26)17-12-16(22-10-14-6-2-4-8-20(14)30-22)18(24(27)28)11-15(17)21-9-13-5-1-3-7-19(13)29-21;25-21-13-9-16-14(22(26)20-12-6-2-4-8-18(12)28-24(16)20)10-15(13)23-19(21)11-5-1-3-7-17(11)27-23;;/h7-20H,1-6H3;4-15H,3H2,1-2H3;1-12H,(H,25,26)(H,27,28);1-10H;;1H2/q;;;;+1;/p-1. The van der Waals surface area contributed by atoms with Crippen LogP contribution < -0.4 is 72.7 Å². The molecule has 0 radical (unpaired) electrons. The van der Waals surface area contributed by atoms with E-state index in [4.69, 9.17) is 4.74 Å². The SMILES string of the molecule is CCOC(=O)c1cc(-c2cc3ccccc3s2)c(C(C)=O)cc1-c1cc2ccccc2s1.Cc1cc(C)c(C2=c3cc4c(cc3-c3sc5ccccc5c32)=C(c2c(C)cc(C)cc2C)c2c-4sc3ccccc23)c(C)c1.O=C(O)c1cc(-c2cc3ccccc3s2)c(C(=O)O)cc1-c1cc2ccccc2s1.O=c1c2cc3c(cc2c2sc4ccccc4c12)c(=O)c1c2ccccc2sc31.[K+].[OH-]. The Morgan fingerprint density at radius 1 is 0.301 bits per heavy atom. The number of carbonyl (C=O) groups excluding carboxylic acids is 2. The number of carbonyl (C=O) groups is 4. The van der Waals surface area contributed by atoms with Crippen molar-refractivity contribution in [2.75, 3.05) is 6.61 Å². The average molecular weight is 1940 g/mol. The minimum Gasteiger partial charge on any atom is -0.870 e. The van der Waals surface area contributed by atoms with Gasteiger partial charge in [-0.1, -0.05) is 181 Å². The van der Waals surface area contributed by atoms with Crippen LogP contribution >= 0.6 is 90.7 Å². The molecule has 19 heteroatoms. The monoisotopic (exact) mass is 1940 g/mol. The number of ketones is 1. The zero-order chi connectivity index (χ0) is 91.7. The predicted molar refractivity (Wildman–Crippen MR) is 572 cm³/mol. The number of rotatable bonds is 11. The summed E-state index contributed by atoms with van der Waals surface area (Å²) in [5.74, 6) is -2.57. The molecule has 0 spiro atoms. The number of Topliss-reactive ketones (excluding diaryl/α,β-unsaturated/α-hetero) is 1. The molecule has 0 fully saturated rings. The van der Waals surface area contributed by atoms with Crippen molar-refractivity contribution in [2.45, 2.75) is 55.4 Å². The molecule has 0 aliphatic heterocycles. The van der Waals surface area contributed by atoms with E-state index in [1.165, 1.54) is 153 Å². The maximum absolute atomic E-state index is 13.3. The number of aryl methyl sites for hydroxylation is 6. The summed E-state index contributed by atoms with van der Waals surface area (Å²) >= 11 is 13.3. The molecule has 26 rings (SSSR count). The number of esters is 1. The van der Waals surface area contributed by atoms with Gasteiger partial charge in [0.1, 0.15) is 0 Å². The fourth-order valence-electron chi connectivity index (χ4n) is 20.3. The van der Waals surface area contributed by atoms with Gasteiger partial charge in [-0.2, -0.15) is 0 Å². The maximum atomic E-state index is 13.3. The van der Waals surface area contributed by atoms with E-state index in [9.17, 15) is 39.0 Å². The summed E-state index contributed by atoms with van der Waals surface area (Å²) in [5.41, 5.74) is 23.0. The van der Waals surface area contributed by atoms with Crippen LogP contribution in [0.1, 0.15) is 111 Å². The molecule has 2 aliphatic carbocycles. The average Bonchev–Trinajstić information content (AvgIpc) is 1.53. The van der Waals surface area contributed by atoms with Gasteiger partial charge in [0.05, 0.1) is 23.3 Å². The number of carboxylic acid groups (broad SMARTS) is 2. The van der Waals surface area contributed by atoms with Crippen LogP contribution in [0.15, 0.2) is 301 Å². The third-order valence-corrected chi connectivity index (χ3v) is 35.3. The van der Waals surface area contributed by atoms with Gasteiger partial charge in [-0.05, 0) is 253 Å². The van der Waals surface area contributed by atoms with Crippen LogP contribution in [0, 0.1) is 41.5 Å². The largest absolute Gasteiger partial charge is 1.00 e. The molecule has 24 aromatic rings. The molecule has 136 heavy (non-hydrogen) atoms. The first-order valence-electron chi connectivity index (χ1n) is 44.0. The van der Waals surface area contributed by atoms with Gasteiger partial charge in [0.25, 0.3) is 0 Å². The van der Waals surface area contributed by atoms with Gasteiger partial charge < -0.3 is 20.4 Å². The minimum absolute atomic E-state index is 0. The smallest absolute Gasteiger partial charge is 0.870 e. The zero-order valence-corrected chi connectivity index (χ0v) is 84.5. The summed E-state index contributed by atoms with van der Waals surface area (Å²) in [5, 5.41) is 36.4. The second-order valence-electron chi connectivity index (χ2n) is 34.4. The van der Waals surface area contributed by atoms with Crippen molar-refractivity contribution in [1.82, 2.24) is 0 Å². The molecule has 0 amide bonds. The molecule has 654 valence electrons. The van der Waals surface area contributed by atoms with E-state index in [1.54, 1.807) is 59.2 Å². The van der Waals surface area contributed by atoms with Crippen molar-refractivity contribution in [3.8, 4) is 62.6 Å². The Morgan fingerprint density at radius 2 is 0.596 bits per heavy atom. The van der Waals surface area contributed by atoms with E-state index in [1.807, 2.05) is 180 Å². The number of hydrogen-bond donors (Lipinski definition) is 2. The van der Waals surface area contributed by atoms with Crippen molar-refractivity contribution in [1.29, 1.82) is 0 Å². The van der Waals surface area contributed by atoms with E-state index >= 15 is 0 Å². The number of hydrogen-bond acceptors (Lipinski definition) is 16. The van der Waals surface area contributed by atoms with Crippen LogP contribution in [-0.2, 0) is 4.74 Å². The van der Waals surface area contributed by atoms with Crippen molar-refractivity contribution >= 4 is 248 Å². The molecule has 2 aliphatic rings. The van der Waals surface area contributed by atoms with Gasteiger partial charge in [-0.15, -0.1) is 90.7 Å². The number of ether oxygens (including phenoxy) is 1. The molecule has 8 aromatic heterocycles. The normalized spacial score (nSPS) is 11.9. The Kier molecular flexibility index (Phi) is 23.5. The van der Waals surface area contributed by atoms with Crippen LogP contribution in [0.5, 0.6) is 0 Å². The Balaban J connectivity index is 0.000000110. The molecular weight excluding hydrogens is 1860 g/mol. The van der Waals surface area contributed by atoms with Gasteiger partial charge in [-0.3, -0.25) is 14.4 Å². The van der Waals surface area contributed by atoms with Gasteiger partial charge in [-0.25, -0.2) is 14.4 Å². The maximum Gasteiger partial charge on any atom is 1.00 e. The topological polar surface area (TPSA) is 182 Å². The minimum atomic E-state index is -1.08. The summed E-state index contributed by atoms with van der Waals surface area (Å²) in [6.45, 7) is 17.3. The summed E-state index contributed by atoms with van der Waals surface area (Å²) in [4.78, 5) is 82.6. The molecule has 0 bridgehead atoms. The fourth-order valence-corrected chi connectivity index (χ4v) is 29.6. The summed E-state index contributed by atoms with van der Waals surface area (Å²) in [6, 6.07) is 98.9. The number of aromatic carboxylic acids is 2. The van der Waals surface area contributed by atoms with Crippen LogP contribution in [0.3, 0.4) is 0 Å². The summed E-state index contributed by atoms with van der Waals surface area (Å²) < 4.78 is 16.7. The quantitative estimate of drug-likeness (QED) is 0.0718. The third kappa shape index (κ3) is 15.0. The van der Waals surface area contributed by atoms with Crippen molar-refractivity contribution in [2.24, 2.45) is 0 Å². The zero-order valence-electron chi connectivity index (χ0n) is 74.9. The second-order valence-corrected chi connectivity index (χ2v) is 43.0. The van der Waals surface area contributed by atoms with Crippen molar-refractivity contribution < 1.29 is 91.0 Å². The number of fused-ring (bicyclic) bond motifs is 24. The second kappa shape index (κ2) is 35.6.